The maximum atomic E-state index is 10.1. The van der Waals surface area contributed by atoms with Gasteiger partial charge in [-0.2, -0.15) is 0 Å². The summed E-state index contributed by atoms with van der Waals surface area (Å²) in [6.07, 6.45) is 4.84. The van der Waals surface area contributed by atoms with Gasteiger partial charge in [0.05, 0.1) is 0 Å². The van der Waals surface area contributed by atoms with Crippen LogP contribution in [0.5, 0.6) is 11.5 Å². The second-order valence-corrected chi connectivity index (χ2v) is 6.23. The van der Waals surface area contributed by atoms with Crippen molar-refractivity contribution in [3.63, 3.8) is 0 Å². The number of phenols is 2. The van der Waals surface area contributed by atoms with Gasteiger partial charge in [0.25, 0.3) is 0 Å². The third-order valence-electron chi connectivity index (χ3n) is 4.35. The highest BCUT2D eigenvalue weighted by molar-refractivity contribution is 5.44. The molecule has 5 heteroatoms. The average molecular weight is 313 g/mol. The molecule has 0 unspecified atom stereocenters. The Hall–Kier alpha value is -2.14. The molecule has 0 saturated carbocycles. The van der Waals surface area contributed by atoms with Crippen LogP contribution in [0.2, 0.25) is 0 Å². The van der Waals surface area contributed by atoms with Gasteiger partial charge in [-0.1, -0.05) is 6.92 Å². The van der Waals surface area contributed by atoms with Crippen molar-refractivity contribution in [2.24, 2.45) is 0 Å². The van der Waals surface area contributed by atoms with Crippen LogP contribution in [0.25, 0.3) is 0 Å². The quantitative estimate of drug-likeness (QED) is 0.908. The van der Waals surface area contributed by atoms with Crippen molar-refractivity contribution in [1.82, 2.24) is 14.9 Å². The molecule has 2 heterocycles. The lowest BCUT2D eigenvalue weighted by Crippen LogP contribution is -2.31. The van der Waals surface area contributed by atoms with Gasteiger partial charge in [0.1, 0.15) is 17.3 Å². The Morgan fingerprint density at radius 2 is 2.09 bits per heavy atom. The molecule has 0 saturated heterocycles. The number of hydrogen-bond acceptors (Lipinski definition) is 5. The molecule has 1 aromatic heterocycles. The minimum absolute atomic E-state index is 0.101. The van der Waals surface area contributed by atoms with E-state index < -0.39 is 0 Å². The lowest BCUT2D eigenvalue weighted by molar-refractivity contribution is 0.239. The Balaban J connectivity index is 1.75. The molecule has 0 aliphatic carbocycles. The van der Waals surface area contributed by atoms with E-state index in [0.717, 1.165) is 55.0 Å². The standard InChI is InChI=1S/C18H23N3O2/c1-3-4-18-19-9-13-10-21(6-5-16(13)20-18)11-15-12(2)7-14(22)8-17(15)23/h7-9,22-23H,3-6,10-11H2,1-2H3. The summed E-state index contributed by atoms with van der Waals surface area (Å²) in [5.74, 6) is 1.19. The summed E-state index contributed by atoms with van der Waals surface area (Å²) >= 11 is 0. The van der Waals surface area contributed by atoms with Gasteiger partial charge in [-0.05, 0) is 25.0 Å². The maximum absolute atomic E-state index is 10.1. The first-order valence-electron chi connectivity index (χ1n) is 8.14. The monoisotopic (exact) mass is 313 g/mol. The topological polar surface area (TPSA) is 69.5 Å². The SMILES string of the molecule is CCCc1ncc2c(n1)CCN(Cc1c(C)cc(O)cc1O)C2. The molecule has 0 bridgehead atoms. The zero-order valence-corrected chi connectivity index (χ0v) is 13.7. The summed E-state index contributed by atoms with van der Waals surface area (Å²) in [7, 11) is 0. The molecule has 0 atom stereocenters. The molecule has 122 valence electrons. The second-order valence-electron chi connectivity index (χ2n) is 6.23. The smallest absolute Gasteiger partial charge is 0.128 e. The van der Waals surface area contributed by atoms with Crippen molar-refractivity contribution in [3.8, 4) is 11.5 Å². The van der Waals surface area contributed by atoms with E-state index in [-0.39, 0.29) is 11.5 Å². The molecule has 1 aliphatic heterocycles. The van der Waals surface area contributed by atoms with Gasteiger partial charge in [-0.3, -0.25) is 4.90 Å². The number of aromatic nitrogens is 2. The fourth-order valence-electron chi connectivity index (χ4n) is 3.10. The molecule has 0 spiro atoms. The average Bonchev–Trinajstić information content (AvgIpc) is 2.51. The molecule has 5 nitrogen and oxygen atoms in total. The van der Waals surface area contributed by atoms with Crippen LogP contribution in [0, 0.1) is 6.92 Å². The predicted octanol–water partition coefficient (Wildman–Crippen LogP) is 2.71. The van der Waals surface area contributed by atoms with Gasteiger partial charge in [-0.25, -0.2) is 9.97 Å². The first kappa shape index (κ1) is 15.7. The van der Waals surface area contributed by atoms with Crippen LogP contribution in [-0.2, 0) is 25.9 Å². The number of aryl methyl sites for hydroxylation is 2. The summed E-state index contributed by atoms with van der Waals surface area (Å²) in [5.41, 5.74) is 4.11. The fraction of sp³-hybridized carbons (Fsp3) is 0.444. The Morgan fingerprint density at radius 3 is 2.83 bits per heavy atom. The minimum atomic E-state index is 0.101. The van der Waals surface area contributed by atoms with E-state index in [1.807, 2.05) is 13.1 Å². The molecular formula is C18H23N3O2. The van der Waals surface area contributed by atoms with Crippen molar-refractivity contribution < 1.29 is 10.2 Å². The summed E-state index contributed by atoms with van der Waals surface area (Å²) in [6, 6.07) is 3.09. The molecule has 1 aliphatic rings. The van der Waals surface area contributed by atoms with Crippen LogP contribution >= 0.6 is 0 Å². The van der Waals surface area contributed by atoms with Gasteiger partial charge in [0.15, 0.2) is 0 Å². The van der Waals surface area contributed by atoms with Crippen LogP contribution in [0.4, 0.5) is 0 Å². The fourth-order valence-corrected chi connectivity index (χ4v) is 3.10. The minimum Gasteiger partial charge on any atom is -0.508 e. The highest BCUT2D eigenvalue weighted by Gasteiger charge is 2.20. The Labute approximate surface area is 136 Å². The largest absolute Gasteiger partial charge is 0.508 e. The predicted molar refractivity (Wildman–Crippen MR) is 88.4 cm³/mol. The van der Waals surface area contributed by atoms with E-state index in [2.05, 4.69) is 21.8 Å². The van der Waals surface area contributed by atoms with E-state index in [1.54, 1.807) is 6.07 Å². The highest BCUT2D eigenvalue weighted by atomic mass is 16.3. The van der Waals surface area contributed by atoms with Crippen molar-refractivity contribution in [1.29, 1.82) is 0 Å². The number of fused-ring (bicyclic) bond motifs is 1. The van der Waals surface area contributed by atoms with E-state index in [9.17, 15) is 10.2 Å². The second kappa shape index (κ2) is 6.54. The molecule has 0 fully saturated rings. The van der Waals surface area contributed by atoms with Gasteiger partial charge in [0, 0.05) is 61.6 Å². The highest BCUT2D eigenvalue weighted by Crippen LogP contribution is 2.29. The summed E-state index contributed by atoms with van der Waals surface area (Å²) < 4.78 is 0. The zero-order chi connectivity index (χ0) is 16.4. The Morgan fingerprint density at radius 1 is 1.26 bits per heavy atom. The summed E-state index contributed by atoms with van der Waals surface area (Å²) in [4.78, 5) is 11.4. The normalized spacial score (nSPS) is 14.7. The number of rotatable bonds is 4. The van der Waals surface area contributed by atoms with Crippen molar-refractivity contribution >= 4 is 0 Å². The van der Waals surface area contributed by atoms with Gasteiger partial charge in [0.2, 0.25) is 0 Å². The van der Waals surface area contributed by atoms with E-state index in [4.69, 9.17) is 0 Å². The molecule has 0 amide bonds. The third kappa shape index (κ3) is 3.45. The van der Waals surface area contributed by atoms with E-state index in [0.29, 0.717) is 6.54 Å². The van der Waals surface area contributed by atoms with Crippen molar-refractivity contribution in [2.45, 2.75) is 46.2 Å². The zero-order valence-electron chi connectivity index (χ0n) is 13.7. The lowest BCUT2D eigenvalue weighted by atomic mass is 10.0. The van der Waals surface area contributed by atoms with Gasteiger partial charge >= 0.3 is 0 Å². The van der Waals surface area contributed by atoms with Crippen LogP contribution in [-0.4, -0.2) is 31.6 Å². The van der Waals surface area contributed by atoms with Crippen LogP contribution in [0.1, 0.15) is 41.6 Å². The number of phenolic OH excluding ortho intramolecular Hbond substituents is 2. The molecular weight excluding hydrogens is 290 g/mol. The van der Waals surface area contributed by atoms with E-state index >= 15 is 0 Å². The molecule has 3 rings (SSSR count). The molecule has 2 aromatic rings. The lowest BCUT2D eigenvalue weighted by Gasteiger charge is -2.28. The Bertz CT molecular complexity index is 692. The summed E-state index contributed by atoms with van der Waals surface area (Å²) in [5, 5.41) is 19.6. The first-order valence-corrected chi connectivity index (χ1v) is 8.14. The van der Waals surface area contributed by atoms with E-state index in [1.165, 1.54) is 11.6 Å². The van der Waals surface area contributed by atoms with Crippen LogP contribution in [0.3, 0.4) is 0 Å². The maximum Gasteiger partial charge on any atom is 0.128 e. The first-order chi connectivity index (χ1) is 11.1. The van der Waals surface area contributed by atoms with Gasteiger partial charge < -0.3 is 10.2 Å². The number of benzene rings is 1. The molecule has 0 radical (unpaired) electrons. The van der Waals surface area contributed by atoms with Crippen molar-refractivity contribution in [3.05, 3.63) is 46.5 Å². The van der Waals surface area contributed by atoms with Crippen molar-refractivity contribution in [2.75, 3.05) is 6.54 Å². The number of nitrogens with zero attached hydrogens (tertiary/aromatic N) is 3. The summed E-state index contributed by atoms with van der Waals surface area (Å²) in [6.45, 7) is 6.41. The van der Waals surface area contributed by atoms with Crippen LogP contribution < -0.4 is 0 Å². The Kier molecular flexibility index (Phi) is 4.48. The van der Waals surface area contributed by atoms with Gasteiger partial charge in [-0.15, -0.1) is 0 Å². The number of aromatic hydroxyl groups is 2. The molecule has 1 aromatic carbocycles. The van der Waals surface area contributed by atoms with Crippen LogP contribution in [0.15, 0.2) is 18.3 Å². The molecule has 2 N–H and O–H groups in total. The third-order valence-corrected chi connectivity index (χ3v) is 4.35. The number of hydrogen-bond donors (Lipinski definition) is 2. The molecule has 23 heavy (non-hydrogen) atoms.